The van der Waals surface area contributed by atoms with Gasteiger partial charge in [0.15, 0.2) is 5.76 Å². The van der Waals surface area contributed by atoms with Crippen molar-refractivity contribution in [2.75, 3.05) is 31.1 Å². The fourth-order valence-electron chi connectivity index (χ4n) is 2.75. The number of nitro benzene ring substituents is 1. The molecule has 0 atom stereocenters. The molecule has 1 aromatic heterocycles. The molecule has 1 amide bonds. The van der Waals surface area contributed by atoms with Crippen LogP contribution in [-0.2, 0) is 0 Å². The van der Waals surface area contributed by atoms with Crippen LogP contribution in [0.25, 0.3) is 0 Å². The normalized spacial score (nSPS) is 14.4. The first-order valence-corrected chi connectivity index (χ1v) is 7.57. The molecule has 1 aliphatic rings. The molecule has 3 rings (SSSR count). The number of hydrogen-bond acceptors (Lipinski definition) is 6. The molecule has 9 nitrogen and oxygen atoms in total. The molecule has 0 saturated carbocycles. The van der Waals surface area contributed by atoms with Crippen LogP contribution in [0, 0.1) is 10.1 Å². The summed E-state index contributed by atoms with van der Waals surface area (Å²) in [6.45, 7) is 1.58. The Kier molecular flexibility index (Phi) is 4.38. The van der Waals surface area contributed by atoms with Crippen molar-refractivity contribution in [2.24, 2.45) is 0 Å². The average Bonchev–Trinajstić information content (AvgIpc) is 3.11. The van der Waals surface area contributed by atoms with E-state index in [1.54, 1.807) is 18.2 Å². The summed E-state index contributed by atoms with van der Waals surface area (Å²) in [4.78, 5) is 37.3. The number of rotatable bonds is 4. The zero-order valence-corrected chi connectivity index (χ0v) is 13.1. The molecule has 2 aromatic rings. The van der Waals surface area contributed by atoms with E-state index in [2.05, 4.69) is 0 Å². The van der Waals surface area contributed by atoms with Crippen molar-refractivity contribution in [3.8, 4) is 0 Å². The maximum absolute atomic E-state index is 12.4. The first-order chi connectivity index (χ1) is 12.0. The zero-order valence-electron chi connectivity index (χ0n) is 13.1. The SMILES string of the molecule is O=C(O)c1coc(C(=O)N2CCN(c3ccccc3[N+](=O)[O-])CC2)c1. The minimum atomic E-state index is -1.16. The van der Waals surface area contributed by atoms with Crippen LogP contribution >= 0.6 is 0 Å². The van der Waals surface area contributed by atoms with Gasteiger partial charge >= 0.3 is 5.97 Å². The molecule has 130 valence electrons. The fourth-order valence-corrected chi connectivity index (χ4v) is 2.75. The lowest BCUT2D eigenvalue weighted by Gasteiger charge is -2.35. The Hall–Kier alpha value is -3.36. The topological polar surface area (TPSA) is 117 Å². The number of benzene rings is 1. The Morgan fingerprint density at radius 1 is 1.16 bits per heavy atom. The van der Waals surface area contributed by atoms with Gasteiger partial charge in [0.2, 0.25) is 0 Å². The van der Waals surface area contributed by atoms with Gasteiger partial charge in [0.25, 0.3) is 11.6 Å². The number of amides is 1. The Balaban J connectivity index is 1.68. The van der Waals surface area contributed by atoms with Gasteiger partial charge in [-0.25, -0.2) is 4.79 Å². The van der Waals surface area contributed by atoms with Crippen molar-refractivity contribution in [3.63, 3.8) is 0 Å². The van der Waals surface area contributed by atoms with Gasteiger partial charge in [-0.3, -0.25) is 14.9 Å². The maximum Gasteiger partial charge on any atom is 0.338 e. The smallest absolute Gasteiger partial charge is 0.338 e. The van der Waals surface area contributed by atoms with E-state index in [9.17, 15) is 19.7 Å². The molecule has 25 heavy (non-hydrogen) atoms. The number of carbonyl (C=O) groups is 2. The minimum Gasteiger partial charge on any atom is -0.478 e. The van der Waals surface area contributed by atoms with Crippen LogP contribution in [0.3, 0.4) is 0 Å². The minimum absolute atomic E-state index is 0.0272. The summed E-state index contributed by atoms with van der Waals surface area (Å²) in [5.41, 5.74) is 0.465. The van der Waals surface area contributed by atoms with Crippen LogP contribution in [0.2, 0.25) is 0 Å². The highest BCUT2D eigenvalue weighted by molar-refractivity contribution is 5.95. The largest absolute Gasteiger partial charge is 0.478 e. The fraction of sp³-hybridized carbons (Fsp3) is 0.250. The second-order valence-corrected chi connectivity index (χ2v) is 5.53. The predicted molar refractivity (Wildman–Crippen MR) is 86.9 cm³/mol. The van der Waals surface area contributed by atoms with Gasteiger partial charge in [0, 0.05) is 38.3 Å². The van der Waals surface area contributed by atoms with Gasteiger partial charge in [-0.2, -0.15) is 0 Å². The number of para-hydroxylation sites is 2. The van der Waals surface area contributed by atoms with Gasteiger partial charge in [0.1, 0.15) is 12.0 Å². The Labute approximate surface area is 142 Å². The third-order valence-electron chi connectivity index (χ3n) is 4.04. The van der Waals surface area contributed by atoms with Crippen LogP contribution in [0.4, 0.5) is 11.4 Å². The van der Waals surface area contributed by atoms with E-state index in [-0.39, 0.29) is 17.0 Å². The molecule has 1 saturated heterocycles. The summed E-state index contributed by atoms with van der Waals surface area (Å²) in [6.07, 6.45) is 1.03. The summed E-state index contributed by atoms with van der Waals surface area (Å²) in [5, 5.41) is 20.0. The van der Waals surface area contributed by atoms with Crippen molar-refractivity contribution >= 4 is 23.3 Å². The predicted octanol–water partition coefficient (Wildman–Crippen LogP) is 1.85. The van der Waals surface area contributed by atoms with E-state index < -0.39 is 16.8 Å². The van der Waals surface area contributed by atoms with Gasteiger partial charge in [-0.05, 0) is 6.07 Å². The molecule has 9 heteroatoms. The summed E-state index contributed by atoms with van der Waals surface area (Å²) >= 11 is 0. The third-order valence-corrected chi connectivity index (χ3v) is 4.04. The number of anilines is 1. The summed E-state index contributed by atoms with van der Waals surface area (Å²) in [6, 6.07) is 7.66. The maximum atomic E-state index is 12.4. The lowest BCUT2D eigenvalue weighted by atomic mass is 10.2. The molecule has 0 radical (unpaired) electrons. The number of carboxylic acid groups (broad SMARTS) is 1. The Morgan fingerprint density at radius 2 is 1.84 bits per heavy atom. The van der Waals surface area contributed by atoms with Crippen LogP contribution in [0.15, 0.2) is 41.0 Å². The van der Waals surface area contributed by atoms with Gasteiger partial charge in [-0.1, -0.05) is 12.1 Å². The standard InChI is InChI=1S/C16H15N3O6/c20-15(14-9-11(10-25-14)16(21)22)18-7-5-17(6-8-18)12-3-1-2-4-13(12)19(23)24/h1-4,9-10H,5-8H2,(H,21,22). The van der Waals surface area contributed by atoms with E-state index >= 15 is 0 Å². The number of furan rings is 1. The third kappa shape index (κ3) is 3.30. The number of aromatic carboxylic acids is 1. The average molecular weight is 345 g/mol. The molecule has 1 N–H and O–H groups in total. The molecule has 0 unspecified atom stereocenters. The highest BCUT2D eigenvalue weighted by Gasteiger charge is 2.27. The second kappa shape index (κ2) is 6.63. The number of carbonyl (C=O) groups excluding carboxylic acids is 1. The van der Waals surface area contributed by atoms with E-state index in [1.807, 2.05) is 4.90 Å². The monoisotopic (exact) mass is 345 g/mol. The molecular weight excluding hydrogens is 330 g/mol. The van der Waals surface area contributed by atoms with E-state index in [0.29, 0.717) is 31.9 Å². The molecule has 0 bridgehead atoms. The number of nitro groups is 1. The molecule has 1 aliphatic heterocycles. The van der Waals surface area contributed by atoms with E-state index in [0.717, 1.165) is 6.26 Å². The van der Waals surface area contributed by atoms with Crippen molar-refractivity contribution in [1.82, 2.24) is 4.90 Å². The van der Waals surface area contributed by atoms with Gasteiger partial charge < -0.3 is 19.3 Å². The summed E-state index contributed by atoms with van der Waals surface area (Å²) in [5.74, 6) is -1.59. The van der Waals surface area contributed by atoms with Crippen LogP contribution in [-0.4, -0.2) is 53.0 Å². The van der Waals surface area contributed by atoms with Crippen molar-refractivity contribution in [2.45, 2.75) is 0 Å². The van der Waals surface area contributed by atoms with Crippen LogP contribution in [0.5, 0.6) is 0 Å². The summed E-state index contributed by atoms with van der Waals surface area (Å²) in [7, 11) is 0. The first-order valence-electron chi connectivity index (χ1n) is 7.57. The van der Waals surface area contributed by atoms with Gasteiger partial charge in [0.05, 0.1) is 10.5 Å². The quantitative estimate of drug-likeness (QED) is 0.663. The molecule has 0 spiro atoms. The second-order valence-electron chi connectivity index (χ2n) is 5.53. The first kappa shape index (κ1) is 16.5. The zero-order chi connectivity index (χ0) is 18.0. The van der Waals surface area contributed by atoms with Crippen LogP contribution < -0.4 is 4.90 Å². The molecule has 1 fully saturated rings. The lowest BCUT2D eigenvalue weighted by Crippen LogP contribution is -2.48. The van der Waals surface area contributed by atoms with E-state index in [4.69, 9.17) is 9.52 Å². The molecule has 1 aromatic carbocycles. The van der Waals surface area contributed by atoms with Gasteiger partial charge in [-0.15, -0.1) is 0 Å². The Morgan fingerprint density at radius 3 is 2.44 bits per heavy atom. The van der Waals surface area contributed by atoms with Crippen molar-refractivity contribution in [1.29, 1.82) is 0 Å². The number of nitrogens with zero attached hydrogens (tertiary/aromatic N) is 3. The summed E-state index contributed by atoms with van der Waals surface area (Å²) < 4.78 is 5.03. The van der Waals surface area contributed by atoms with Crippen LogP contribution in [0.1, 0.15) is 20.9 Å². The number of hydrogen-bond donors (Lipinski definition) is 1. The van der Waals surface area contributed by atoms with Crippen molar-refractivity contribution in [3.05, 3.63) is 58.0 Å². The number of carboxylic acids is 1. The lowest BCUT2D eigenvalue weighted by molar-refractivity contribution is -0.384. The van der Waals surface area contributed by atoms with Crippen molar-refractivity contribution < 1.29 is 24.0 Å². The molecule has 2 heterocycles. The molecular formula is C16H15N3O6. The highest BCUT2D eigenvalue weighted by atomic mass is 16.6. The number of piperazine rings is 1. The Bertz CT molecular complexity index is 823. The molecule has 0 aliphatic carbocycles. The van der Waals surface area contributed by atoms with E-state index in [1.165, 1.54) is 17.0 Å². The highest BCUT2D eigenvalue weighted by Crippen LogP contribution is 2.28.